The number of piperidine rings is 1. The van der Waals surface area contributed by atoms with Gasteiger partial charge in [-0.25, -0.2) is 4.39 Å². The molecule has 1 saturated heterocycles. The lowest BCUT2D eigenvalue weighted by Gasteiger charge is -2.48. The summed E-state index contributed by atoms with van der Waals surface area (Å²) in [5.74, 6) is 0.330. The number of benzene rings is 1. The normalized spacial score (nSPS) is 25.5. The number of primary amides is 1. The summed E-state index contributed by atoms with van der Waals surface area (Å²) in [6, 6.07) is 4.56. The van der Waals surface area contributed by atoms with Crippen LogP contribution in [0.2, 0.25) is 0 Å². The Labute approximate surface area is 165 Å². The van der Waals surface area contributed by atoms with Gasteiger partial charge in [0.25, 0.3) is 5.91 Å². The van der Waals surface area contributed by atoms with Gasteiger partial charge >= 0.3 is 0 Å². The molecule has 3 heterocycles. The Kier molecular flexibility index (Phi) is 5.08. The molecule has 4 rings (SSSR count). The number of hydrogen-bond acceptors (Lipinski definition) is 3. The first-order valence-corrected chi connectivity index (χ1v) is 10.5. The molecule has 28 heavy (non-hydrogen) atoms. The Bertz CT molecular complexity index is 888. The van der Waals surface area contributed by atoms with Gasteiger partial charge in [-0.3, -0.25) is 4.79 Å². The van der Waals surface area contributed by atoms with Crippen molar-refractivity contribution in [1.82, 2.24) is 9.88 Å². The third kappa shape index (κ3) is 3.08. The number of nitrogens with two attached hydrogens (primary N) is 1. The van der Waals surface area contributed by atoms with Crippen molar-refractivity contribution in [2.24, 2.45) is 17.6 Å². The van der Waals surface area contributed by atoms with E-state index in [-0.39, 0.29) is 11.4 Å². The number of nitrogens with zero attached hydrogens (tertiary/aromatic N) is 1. The van der Waals surface area contributed by atoms with E-state index in [0.717, 1.165) is 57.3 Å². The maximum atomic E-state index is 13.9. The van der Waals surface area contributed by atoms with Gasteiger partial charge < -0.3 is 20.4 Å². The highest BCUT2D eigenvalue weighted by atomic mass is 19.1. The fourth-order valence-corrected chi connectivity index (χ4v) is 5.16. The highest BCUT2D eigenvalue weighted by Gasteiger charge is 2.48. The molecule has 6 heteroatoms. The molecule has 3 N–H and O–H groups in total. The number of unbranched alkanes of at least 4 members (excludes halogenated alkanes) is 1. The second-order valence-electron chi connectivity index (χ2n) is 8.47. The molecule has 1 fully saturated rings. The first-order valence-electron chi connectivity index (χ1n) is 10.5. The van der Waals surface area contributed by atoms with E-state index in [1.54, 1.807) is 6.07 Å². The lowest BCUT2D eigenvalue weighted by molar-refractivity contribution is -0.0741. The topological polar surface area (TPSA) is 69.3 Å². The molecule has 5 nitrogen and oxygen atoms in total. The van der Waals surface area contributed by atoms with Crippen LogP contribution in [0, 0.1) is 17.7 Å². The number of ether oxygens (including phenoxy) is 1. The van der Waals surface area contributed by atoms with E-state index in [0.29, 0.717) is 28.7 Å². The number of rotatable bonds is 5. The zero-order valence-electron chi connectivity index (χ0n) is 16.8. The summed E-state index contributed by atoms with van der Waals surface area (Å²) in [5.41, 5.74) is 6.49. The van der Waals surface area contributed by atoms with Gasteiger partial charge in [0, 0.05) is 23.8 Å². The van der Waals surface area contributed by atoms with Crippen LogP contribution in [0.1, 0.15) is 56.3 Å². The molecule has 0 aliphatic carbocycles. The van der Waals surface area contributed by atoms with Crippen LogP contribution in [0.3, 0.4) is 0 Å². The summed E-state index contributed by atoms with van der Waals surface area (Å²) in [5, 5.41) is 3.98. The molecule has 0 spiro atoms. The molecule has 1 aromatic heterocycles. The summed E-state index contributed by atoms with van der Waals surface area (Å²) >= 11 is 0. The fourth-order valence-electron chi connectivity index (χ4n) is 5.16. The van der Waals surface area contributed by atoms with Crippen LogP contribution in [0.15, 0.2) is 18.2 Å². The van der Waals surface area contributed by atoms with Crippen molar-refractivity contribution in [2.75, 3.05) is 13.1 Å². The van der Waals surface area contributed by atoms with E-state index < -0.39 is 5.91 Å². The second kappa shape index (κ2) is 7.39. The zero-order valence-corrected chi connectivity index (χ0v) is 16.8. The summed E-state index contributed by atoms with van der Waals surface area (Å²) in [4.78, 5) is 12.3. The van der Waals surface area contributed by atoms with Gasteiger partial charge in [0.1, 0.15) is 17.0 Å². The van der Waals surface area contributed by atoms with Crippen LogP contribution < -0.4 is 15.8 Å². The molecule has 2 aromatic rings. The molecule has 1 amide bonds. The van der Waals surface area contributed by atoms with Gasteiger partial charge in [0.15, 0.2) is 0 Å². The quantitative estimate of drug-likeness (QED) is 0.819. The molecule has 152 valence electrons. The third-order valence-electron chi connectivity index (χ3n) is 6.81. The number of aromatic nitrogens is 1. The predicted molar refractivity (Wildman–Crippen MR) is 108 cm³/mol. The lowest BCUT2D eigenvalue weighted by Crippen LogP contribution is -2.54. The summed E-state index contributed by atoms with van der Waals surface area (Å²) in [6.07, 6.45) is 5.46. The second-order valence-corrected chi connectivity index (χ2v) is 8.47. The van der Waals surface area contributed by atoms with Crippen molar-refractivity contribution in [2.45, 2.75) is 58.1 Å². The van der Waals surface area contributed by atoms with Crippen LogP contribution >= 0.6 is 0 Å². The van der Waals surface area contributed by atoms with Crippen LogP contribution in [0.4, 0.5) is 4.39 Å². The van der Waals surface area contributed by atoms with Crippen LogP contribution in [0.25, 0.3) is 10.9 Å². The van der Waals surface area contributed by atoms with Crippen LogP contribution in [0.5, 0.6) is 5.88 Å². The smallest absolute Gasteiger partial charge is 0.254 e. The van der Waals surface area contributed by atoms with Crippen molar-refractivity contribution in [3.63, 3.8) is 0 Å². The van der Waals surface area contributed by atoms with Crippen molar-refractivity contribution in [3.05, 3.63) is 29.6 Å². The Balaban J connectivity index is 1.85. The van der Waals surface area contributed by atoms with E-state index in [1.165, 1.54) is 12.1 Å². The largest absolute Gasteiger partial charge is 0.471 e. The summed E-state index contributed by atoms with van der Waals surface area (Å²) in [7, 11) is 0. The van der Waals surface area contributed by atoms with Crippen molar-refractivity contribution >= 4 is 16.8 Å². The predicted octanol–water partition coefficient (Wildman–Crippen LogP) is 3.84. The average Bonchev–Trinajstić information content (AvgIpc) is 2.98. The fraction of sp³-hybridized carbons (Fsp3) is 0.591. The number of amides is 1. The minimum absolute atomic E-state index is 0.309. The molecular weight excluding hydrogens is 357 g/mol. The van der Waals surface area contributed by atoms with Crippen molar-refractivity contribution in [1.29, 1.82) is 0 Å². The molecule has 1 aromatic carbocycles. The SMILES string of the molecule is CCCCC1Cn2c(c(C(N)=O)c3cc(F)ccc32)OC1(C)C1CCNCC1. The van der Waals surface area contributed by atoms with Crippen molar-refractivity contribution in [3.8, 4) is 5.88 Å². The standard InChI is InChI=1S/C22H30FN3O2/c1-3-4-5-15-13-26-18-7-6-16(23)12-17(18)19(20(24)27)21(26)28-22(15,2)14-8-10-25-11-9-14/h6-7,12,14-15,25H,3-5,8-11,13H2,1-2H3,(H2,24,27). The molecule has 2 aliphatic rings. The number of fused-ring (bicyclic) bond motifs is 3. The summed E-state index contributed by atoms with van der Waals surface area (Å²) < 4.78 is 22.7. The number of nitrogens with one attached hydrogen (secondary N) is 1. The maximum Gasteiger partial charge on any atom is 0.254 e. The highest BCUT2D eigenvalue weighted by Crippen LogP contribution is 2.47. The number of halogens is 1. The molecule has 0 bridgehead atoms. The Morgan fingerprint density at radius 1 is 1.39 bits per heavy atom. The van der Waals surface area contributed by atoms with Gasteiger partial charge in [-0.2, -0.15) is 0 Å². The first-order chi connectivity index (χ1) is 13.5. The van der Waals surface area contributed by atoms with Gasteiger partial charge in [-0.1, -0.05) is 19.8 Å². The van der Waals surface area contributed by atoms with Gasteiger partial charge in [0.05, 0.1) is 5.52 Å². The van der Waals surface area contributed by atoms with Gasteiger partial charge in [0.2, 0.25) is 5.88 Å². The van der Waals surface area contributed by atoms with E-state index >= 15 is 0 Å². The van der Waals surface area contributed by atoms with Crippen LogP contribution in [-0.2, 0) is 6.54 Å². The van der Waals surface area contributed by atoms with E-state index in [4.69, 9.17) is 10.5 Å². The van der Waals surface area contributed by atoms with Gasteiger partial charge in [-0.05, 0) is 57.5 Å². The lowest BCUT2D eigenvalue weighted by atomic mass is 9.71. The summed E-state index contributed by atoms with van der Waals surface area (Å²) in [6.45, 7) is 7.15. The minimum atomic E-state index is -0.566. The molecule has 2 aliphatic heterocycles. The molecule has 2 atom stereocenters. The third-order valence-corrected chi connectivity index (χ3v) is 6.81. The van der Waals surface area contributed by atoms with Crippen molar-refractivity contribution < 1.29 is 13.9 Å². The number of carbonyl (C=O) groups is 1. The number of carbonyl (C=O) groups excluding carboxylic acids is 1. The highest BCUT2D eigenvalue weighted by molar-refractivity contribution is 6.09. The molecule has 0 radical (unpaired) electrons. The Hall–Kier alpha value is -2.08. The first kappa shape index (κ1) is 19.2. The molecule has 0 saturated carbocycles. The Morgan fingerprint density at radius 3 is 2.82 bits per heavy atom. The maximum absolute atomic E-state index is 13.9. The monoisotopic (exact) mass is 387 g/mol. The Morgan fingerprint density at radius 2 is 2.14 bits per heavy atom. The van der Waals surface area contributed by atoms with E-state index in [1.807, 2.05) is 4.57 Å². The average molecular weight is 387 g/mol. The minimum Gasteiger partial charge on any atom is -0.471 e. The van der Waals surface area contributed by atoms with E-state index in [9.17, 15) is 9.18 Å². The number of hydrogen-bond donors (Lipinski definition) is 2. The van der Waals surface area contributed by atoms with Crippen LogP contribution in [-0.4, -0.2) is 29.2 Å². The van der Waals surface area contributed by atoms with Gasteiger partial charge in [-0.15, -0.1) is 0 Å². The van der Waals surface area contributed by atoms with E-state index in [2.05, 4.69) is 19.2 Å². The zero-order chi connectivity index (χ0) is 19.9. The molecule has 2 unspecified atom stereocenters. The molecular formula is C22H30FN3O2.